The van der Waals surface area contributed by atoms with Gasteiger partial charge in [-0.25, -0.2) is 14.4 Å². The van der Waals surface area contributed by atoms with Crippen LogP contribution in [0.2, 0.25) is 0 Å². The number of fused-ring (bicyclic) bond motifs is 1. The summed E-state index contributed by atoms with van der Waals surface area (Å²) in [4.78, 5) is 33.8. The number of benzene rings is 3. The zero-order valence-electron chi connectivity index (χ0n) is 16.2. The Labute approximate surface area is 173 Å². The van der Waals surface area contributed by atoms with Crippen molar-refractivity contribution in [3.63, 3.8) is 0 Å². The van der Waals surface area contributed by atoms with Gasteiger partial charge in [-0.3, -0.25) is 14.4 Å². The Balaban J connectivity index is 1.60. The lowest BCUT2D eigenvalue weighted by Gasteiger charge is -2.29. The van der Waals surface area contributed by atoms with E-state index in [1.54, 1.807) is 30.3 Å². The second-order valence-electron chi connectivity index (χ2n) is 7.53. The number of anilines is 2. The van der Waals surface area contributed by atoms with Crippen LogP contribution in [0, 0.1) is 18.7 Å². The molecular weight excluding hydrogens is 383 g/mol. The first-order valence-corrected chi connectivity index (χ1v) is 9.76. The maximum absolute atomic E-state index is 14.8. The molecule has 2 amide bonds. The lowest BCUT2D eigenvalue weighted by atomic mass is 9.90. The van der Waals surface area contributed by atoms with Gasteiger partial charge in [-0.05, 0) is 37.3 Å². The molecule has 3 aromatic rings. The van der Waals surface area contributed by atoms with Gasteiger partial charge in [0.15, 0.2) is 6.10 Å². The average molecular weight is 402 g/mol. The lowest BCUT2D eigenvalue weighted by molar-refractivity contribution is -0.126. The summed E-state index contributed by atoms with van der Waals surface area (Å²) in [7, 11) is 0. The Morgan fingerprint density at radius 1 is 0.800 bits per heavy atom. The van der Waals surface area contributed by atoms with E-state index in [1.165, 1.54) is 11.1 Å². The van der Waals surface area contributed by atoms with Crippen molar-refractivity contribution in [3.8, 4) is 0 Å². The minimum atomic E-state index is -1.01. The SMILES string of the molecule is Cc1ccc(N2C(=O)[C@H]3[C@@H](ON(c4ccccc4)[C@H]3c3ccccc3F)C2=O)cc1. The Kier molecular flexibility index (Phi) is 4.37. The summed E-state index contributed by atoms with van der Waals surface area (Å²) in [5.74, 6) is -2.12. The van der Waals surface area contributed by atoms with Gasteiger partial charge < -0.3 is 0 Å². The molecule has 0 bridgehead atoms. The van der Waals surface area contributed by atoms with Gasteiger partial charge in [-0.2, -0.15) is 0 Å². The van der Waals surface area contributed by atoms with Gasteiger partial charge in [0.05, 0.1) is 17.4 Å². The van der Waals surface area contributed by atoms with Crippen LogP contribution in [0.3, 0.4) is 0 Å². The third-order valence-corrected chi connectivity index (χ3v) is 5.64. The number of para-hydroxylation sites is 1. The second-order valence-corrected chi connectivity index (χ2v) is 7.53. The molecule has 3 aromatic carbocycles. The summed E-state index contributed by atoms with van der Waals surface area (Å²) >= 11 is 0. The van der Waals surface area contributed by atoms with E-state index in [2.05, 4.69) is 0 Å². The summed E-state index contributed by atoms with van der Waals surface area (Å²) in [6.07, 6.45) is -1.01. The molecule has 6 heteroatoms. The first-order valence-electron chi connectivity index (χ1n) is 9.76. The molecule has 2 aliphatic heterocycles. The molecule has 0 N–H and O–H groups in total. The van der Waals surface area contributed by atoms with E-state index >= 15 is 0 Å². The highest BCUT2D eigenvalue weighted by Crippen LogP contribution is 2.48. The van der Waals surface area contributed by atoms with Crippen LogP contribution in [0.4, 0.5) is 15.8 Å². The summed E-state index contributed by atoms with van der Waals surface area (Å²) in [6, 6.07) is 21.8. The van der Waals surface area contributed by atoms with Crippen LogP contribution in [0.15, 0.2) is 78.9 Å². The molecule has 0 radical (unpaired) electrons. The van der Waals surface area contributed by atoms with Gasteiger partial charge in [0.1, 0.15) is 11.7 Å². The molecule has 5 nitrogen and oxygen atoms in total. The third kappa shape index (κ3) is 2.80. The van der Waals surface area contributed by atoms with Gasteiger partial charge >= 0.3 is 0 Å². The minimum Gasteiger partial charge on any atom is -0.273 e. The normalized spacial score (nSPS) is 23.2. The molecule has 30 heavy (non-hydrogen) atoms. The van der Waals surface area contributed by atoms with E-state index in [-0.39, 0.29) is 5.91 Å². The van der Waals surface area contributed by atoms with E-state index in [1.807, 2.05) is 49.4 Å². The molecule has 2 heterocycles. The second kappa shape index (κ2) is 7.07. The van der Waals surface area contributed by atoms with Crippen LogP contribution >= 0.6 is 0 Å². The molecule has 0 unspecified atom stereocenters. The van der Waals surface area contributed by atoms with Gasteiger partial charge in [0, 0.05) is 5.56 Å². The monoisotopic (exact) mass is 402 g/mol. The molecule has 0 saturated carbocycles. The molecule has 0 aromatic heterocycles. The van der Waals surface area contributed by atoms with Crippen molar-refractivity contribution in [1.82, 2.24) is 0 Å². The summed E-state index contributed by atoms with van der Waals surface area (Å²) in [6.45, 7) is 1.93. The molecule has 2 saturated heterocycles. The number of amides is 2. The van der Waals surface area contributed by atoms with Crippen LogP contribution < -0.4 is 9.96 Å². The van der Waals surface area contributed by atoms with E-state index in [0.29, 0.717) is 16.9 Å². The van der Waals surface area contributed by atoms with Gasteiger partial charge in [-0.1, -0.05) is 54.1 Å². The number of carbonyl (C=O) groups excluding carboxylic acids is 2. The number of hydrogen-bond acceptors (Lipinski definition) is 4. The molecule has 0 spiro atoms. The van der Waals surface area contributed by atoms with E-state index in [0.717, 1.165) is 10.5 Å². The average Bonchev–Trinajstić information content (AvgIpc) is 3.26. The Bertz CT molecular complexity index is 1120. The lowest BCUT2D eigenvalue weighted by Crippen LogP contribution is -2.37. The topological polar surface area (TPSA) is 49.9 Å². The summed E-state index contributed by atoms with van der Waals surface area (Å²) in [5.41, 5.74) is 2.49. The number of aryl methyl sites for hydroxylation is 1. The van der Waals surface area contributed by atoms with Crippen molar-refractivity contribution in [1.29, 1.82) is 0 Å². The highest BCUT2D eigenvalue weighted by molar-refractivity contribution is 6.23. The first kappa shape index (κ1) is 18.5. The Morgan fingerprint density at radius 2 is 1.47 bits per heavy atom. The van der Waals surface area contributed by atoms with Crippen molar-refractivity contribution in [2.75, 3.05) is 9.96 Å². The van der Waals surface area contributed by atoms with Crippen LogP contribution in [-0.2, 0) is 14.4 Å². The predicted molar refractivity (Wildman–Crippen MR) is 110 cm³/mol. The maximum Gasteiger partial charge on any atom is 0.266 e. The van der Waals surface area contributed by atoms with Crippen LogP contribution in [0.1, 0.15) is 17.2 Å². The first-order chi connectivity index (χ1) is 14.6. The summed E-state index contributed by atoms with van der Waals surface area (Å²) < 4.78 is 14.8. The Morgan fingerprint density at radius 3 is 2.17 bits per heavy atom. The largest absolute Gasteiger partial charge is 0.273 e. The molecule has 2 aliphatic rings. The van der Waals surface area contributed by atoms with Crippen molar-refractivity contribution in [2.45, 2.75) is 19.1 Å². The number of carbonyl (C=O) groups is 2. The molecule has 0 aliphatic carbocycles. The van der Waals surface area contributed by atoms with Crippen molar-refractivity contribution < 1.29 is 18.8 Å². The molecule has 150 valence electrons. The third-order valence-electron chi connectivity index (χ3n) is 5.64. The molecule has 3 atom stereocenters. The number of hydrogen-bond donors (Lipinski definition) is 0. The summed E-state index contributed by atoms with van der Waals surface area (Å²) in [5, 5.41) is 1.50. The molecule has 5 rings (SSSR count). The smallest absolute Gasteiger partial charge is 0.266 e. The van der Waals surface area contributed by atoms with Crippen molar-refractivity contribution >= 4 is 23.2 Å². The highest BCUT2D eigenvalue weighted by atomic mass is 19.1. The number of rotatable bonds is 3. The van der Waals surface area contributed by atoms with Gasteiger partial charge in [0.2, 0.25) is 5.91 Å². The fourth-order valence-electron chi connectivity index (χ4n) is 4.19. The maximum atomic E-state index is 14.8. The van der Waals surface area contributed by atoms with E-state index < -0.39 is 29.8 Å². The quantitative estimate of drug-likeness (QED) is 0.617. The number of nitrogens with zero attached hydrogens (tertiary/aromatic N) is 2. The Hall–Kier alpha value is -3.51. The van der Waals surface area contributed by atoms with Crippen molar-refractivity contribution in [3.05, 3.63) is 95.8 Å². The number of hydroxylamine groups is 1. The fraction of sp³-hybridized carbons (Fsp3) is 0.167. The zero-order valence-corrected chi connectivity index (χ0v) is 16.2. The standard InChI is InChI=1S/C24H19FN2O3/c1-15-11-13-16(14-12-15)26-23(28)20-21(18-9-5-6-10-19(18)25)27(30-22(20)24(26)29)17-7-3-2-4-8-17/h2-14,20-22H,1H3/t20-,21+,22-/m1/s1. The van der Waals surface area contributed by atoms with Crippen LogP contribution in [-0.4, -0.2) is 17.9 Å². The van der Waals surface area contributed by atoms with Crippen molar-refractivity contribution in [2.24, 2.45) is 5.92 Å². The van der Waals surface area contributed by atoms with E-state index in [9.17, 15) is 14.0 Å². The van der Waals surface area contributed by atoms with Crippen LogP contribution in [0.25, 0.3) is 0 Å². The minimum absolute atomic E-state index is 0.320. The number of halogens is 1. The predicted octanol–water partition coefficient (Wildman–Crippen LogP) is 4.19. The molecule has 2 fully saturated rings. The van der Waals surface area contributed by atoms with Gasteiger partial charge in [0.25, 0.3) is 5.91 Å². The van der Waals surface area contributed by atoms with Crippen LogP contribution in [0.5, 0.6) is 0 Å². The number of imide groups is 1. The highest BCUT2D eigenvalue weighted by Gasteiger charge is 2.60. The van der Waals surface area contributed by atoms with Gasteiger partial charge in [-0.15, -0.1) is 0 Å². The zero-order chi connectivity index (χ0) is 20.8. The van der Waals surface area contributed by atoms with E-state index in [4.69, 9.17) is 4.84 Å². The molecular formula is C24H19FN2O3. The fourth-order valence-corrected chi connectivity index (χ4v) is 4.19.